The van der Waals surface area contributed by atoms with E-state index < -0.39 is 70.4 Å². The number of carbonyl (C=O) groups is 3. The van der Waals surface area contributed by atoms with Crippen LogP contribution in [0.3, 0.4) is 0 Å². The predicted molar refractivity (Wildman–Crippen MR) is 117 cm³/mol. The Morgan fingerprint density at radius 1 is 1.12 bits per heavy atom. The summed E-state index contributed by atoms with van der Waals surface area (Å²) in [6.07, 6.45) is -0.758. The molecule has 0 radical (unpaired) electrons. The lowest BCUT2D eigenvalue weighted by atomic mass is 9.39. The Balaban J connectivity index is 2.00. The van der Waals surface area contributed by atoms with E-state index in [0.29, 0.717) is 30.6 Å². The van der Waals surface area contributed by atoms with E-state index in [1.54, 1.807) is 13.0 Å². The molecule has 2 saturated carbocycles. The first kappa shape index (κ1) is 24.7. The van der Waals surface area contributed by atoms with Gasteiger partial charge >= 0.3 is 17.9 Å². The van der Waals surface area contributed by atoms with Gasteiger partial charge in [-0.2, -0.15) is 0 Å². The van der Waals surface area contributed by atoms with Crippen LogP contribution >= 0.6 is 0 Å². The molecular formula is C25H34O9. The van der Waals surface area contributed by atoms with Gasteiger partial charge in [0.05, 0.1) is 19.3 Å². The monoisotopic (exact) mass is 478 g/mol. The normalized spacial score (nSPS) is 40.2. The summed E-state index contributed by atoms with van der Waals surface area (Å²) in [5.74, 6) is -3.33. The lowest BCUT2D eigenvalue weighted by molar-refractivity contribution is -0.337. The third-order valence-corrected chi connectivity index (χ3v) is 8.88. The molecule has 1 heterocycles. The molecule has 188 valence electrons. The molecule has 3 aliphatic carbocycles. The summed E-state index contributed by atoms with van der Waals surface area (Å²) in [4.78, 5) is 37.4. The van der Waals surface area contributed by atoms with Crippen LogP contribution in [-0.2, 0) is 35.0 Å². The molecule has 34 heavy (non-hydrogen) atoms. The summed E-state index contributed by atoms with van der Waals surface area (Å²) < 4.78 is 22.3. The highest BCUT2D eigenvalue weighted by Crippen LogP contribution is 2.67. The van der Waals surface area contributed by atoms with Crippen molar-refractivity contribution in [3.63, 3.8) is 0 Å². The zero-order chi connectivity index (χ0) is 25.2. The number of methoxy groups -OCH3 is 1. The summed E-state index contributed by atoms with van der Waals surface area (Å²) in [6, 6.07) is 1.68. The lowest BCUT2D eigenvalue weighted by Gasteiger charge is -2.69. The molecule has 3 aliphatic rings. The average Bonchev–Trinajstić information content (AvgIpc) is 3.23. The number of hydrogen-bond acceptors (Lipinski definition) is 9. The highest BCUT2D eigenvalue weighted by atomic mass is 16.6. The molecule has 0 aliphatic heterocycles. The standard InChI is InChI=1S/C25H34O9/c1-12(26)33-17-7-9-23(3,4)25(30)21(28)20(34-13(2)27)19-15(24(17,25)5)11-16-14(8-10-32-16)18(19)22(29)31-6/h8,10,15,17-21,28,30H,7,9,11H2,1-6H3/t15-,17-,18+,19+,20+,21-,24-,25+/m0/s1. The molecular weight excluding hydrogens is 444 g/mol. The molecule has 1 aromatic heterocycles. The number of fused-ring (bicyclic) bond motifs is 4. The van der Waals surface area contributed by atoms with Crippen LogP contribution in [0.4, 0.5) is 0 Å². The van der Waals surface area contributed by atoms with Crippen molar-refractivity contribution in [1.29, 1.82) is 0 Å². The maximum absolute atomic E-state index is 13.1. The van der Waals surface area contributed by atoms with Gasteiger partial charge in [0.2, 0.25) is 0 Å². The first-order valence-corrected chi connectivity index (χ1v) is 11.7. The van der Waals surface area contributed by atoms with Crippen LogP contribution in [0.15, 0.2) is 16.7 Å². The number of carbonyl (C=O) groups excluding carboxylic acids is 3. The fourth-order valence-electron chi connectivity index (χ4n) is 7.37. The van der Waals surface area contributed by atoms with Gasteiger partial charge in [-0.05, 0) is 30.2 Å². The van der Waals surface area contributed by atoms with E-state index in [1.807, 2.05) is 13.8 Å². The summed E-state index contributed by atoms with van der Waals surface area (Å²) in [5, 5.41) is 24.2. The van der Waals surface area contributed by atoms with E-state index >= 15 is 0 Å². The molecule has 2 fully saturated rings. The molecule has 0 saturated heterocycles. The van der Waals surface area contributed by atoms with Crippen LogP contribution in [0.1, 0.15) is 64.7 Å². The number of aliphatic hydroxyl groups is 2. The van der Waals surface area contributed by atoms with Gasteiger partial charge in [-0.1, -0.05) is 20.8 Å². The van der Waals surface area contributed by atoms with E-state index in [4.69, 9.17) is 18.6 Å². The Kier molecular flexibility index (Phi) is 5.88. The summed E-state index contributed by atoms with van der Waals surface area (Å²) in [5.41, 5.74) is -3.24. The number of furan rings is 1. The van der Waals surface area contributed by atoms with E-state index in [-0.39, 0.29) is 0 Å². The Labute approximate surface area is 198 Å². The predicted octanol–water partition coefficient (Wildman–Crippen LogP) is 2.12. The molecule has 2 N–H and O–H groups in total. The van der Waals surface area contributed by atoms with Gasteiger partial charge in [-0.25, -0.2) is 0 Å². The molecule has 0 bridgehead atoms. The van der Waals surface area contributed by atoms with Crippen LogP contribution in [0.5, 0.6) is 0 Å². The van der Waals surface area contributed by atoms with Crippen molar-refractivity contribution in [1.82, 2.24) is 0 Å². The van der Waals surface area contributed by atoms with Gasteiger partial charge < -0.3 is 28.8 Å². The maximum Gasteiger partial charge on any atom is 0.313 e. The lowest BCUT2D eigenvalue weighted by Crippen LogP contribution is -2.80. The van der Waals surface area contributed by atoms with Crippen molar-refractivity contribution in [3.05, 3.63) is 23.7 Å². The molecule has 1 aromatic rings. The van der Waals surface area contributed by atoms with Gasteiger partial charge in [0, 0.05) is 37.2 Å². The first-order valence-electron chi connectivity index (χ1n) is 11.7. The van der Waals surface area contributed by atoms with Crippen molar-refractivity contribution >= 4 is 17.9 Å². The van der Waals surface area contributed by atoms with Gasteiger partial charge in [0.25, 0.3) is 0 Å². The molecule has 0 amide bonds. The Morgan fingerprint density at radius 3 is 2.35 bits per heavy atom. The molecule has 4 rings (SSSR count). The van der Waals surface area contributed by atoms with Crippen LogP contribution in [-0.4, -0.2) is 59.1 Å². The Bertz CT molecular complexity index is 996. The van der Waals surface area contributed by atoms with Crippen LogP contribution in [0.2, 0.25) is 0 Å². The largest absolute Gasteiger partial charge is 0.469 e. The minimum Gasteiger partial charge on any atom is -0.469 e. The molecule has 0 unspecified atom stereocenters. The van der Waals surface area contributed by atoms with Crippen molar-refractivity contribution in [2.75, 3.05) is 7.11 Å². The fourth-order valence-corrected chi connectivity index (χ4v) is 7.37. The average molecular weight is 479 g/mol. The number of esters is 3. The van der Waals surface area contributed by atoms with Crippen molar-refractivity contribution in [2.24, 2.45) is 22.7 Å². The second-order valence-corrected chi connectivity index (χ2v) is 10.8. The smallest absolute Gasteiger partial charge is 0.313 e. The highest BCUT2D eigenvalue weighted by molar-refractivity contribution is 5.80. The zero-order valence-corrected chi connectivity index (χ0v) is 20.5. The summed E-state index contributed by atoms with van der Waals surface area (Å²) in [7, 11) is 1.27. The first-order chi connectivity index (χ1) is 15.8. The summed E-state index contributed by atoms with van der Waals surface area (Å²) >= 11 is 0. The molecule has 9 heteroatoms. The third-order valence-electron chi connectivity index (χ3n) is 8.88. The quantitative estimate of drug-likeness (QED) is 0.495. The fraction of sp³-hybridized carbons (Fsp3) is 0.720. The topological polar surface area (TPSA) is 133 Å². The SMILES string of the molecule is COC(=O)[C@@H]1c2ccoc2C[C@H]2[C@H]1[C@@H](OC(C)=O)[C@H](O)[C@@]1(O)C(C)(C)CC[C@H](OC(C)=O)[C@]21C. The number of hydrogen-bond donors (Lipinski definition) is 2. The Hall–Kier alpha value is -2.39. The molecule has 8 atom stereocenters. The molecule has 0 spiro atoms. The number of rotatable bonds is 3. The van der Waals surface area contributed by atoms with Crippen LogP contribution in [0, 0.1) is 22.7 Å². The highest BCUT2D eigenvalue weighted by Gasteiger charge is 2.76. The van der Waals surface area contributed by atoms with Crippen molar-refractivity contribution in [3.8, 4) is 0 Å². The van der Waals surface area contributed by atoms with Crippen LogP contribution in [0.25, 0.3) is 0 Å². The van der Waals surface area contributed by atoms with Crippen LogP contribution < -0.4 is 0 Å². The number of ether oxygens (including phenoxy) is 3. The van der Waals surface area contributed by atoms with E-state index in [2.05, 4.69) is 0 Å². The molecule has 0 aromatic carbocycles. The second kappa shape index (κ2) is 8.09. The van der Waals surface area contributed by atoms with Crippen molar-refractivity contribution < 1.29 is 43.2 Å². The van der Waals surface area contributed by atoms with E-state index in [0.717, 1.165) is 0 Å². The van der Waals surface area contributed by atoms with Gasteiger partial charge in [0.1, 0.15) is 29.7 Å². The van der Waals surface area contributed by atoms with E-state index in [1.165, 1.54) is 27.2 Å². The summed E-state index contributed by atoms with van der Waals surface area (Å²) in [6.45, 7) is 8.04. The third kappa shape index (κ3) is 3.16. The van der Waals surface area contributed by atoms with Gasteiger partial charge in [-0.15, -0.1) is 0 Å². The Morgan fingerprint density at radius 2 is 1.76 bits per heavy atom. The van der Waals surface area contributed by atoms with Gasteiger partial charge in [-0.3, -0.25) is 14.4 Å². The maximum atomic E-state index is 13.1. The van der Waals surface area contributed by atoms with Gasteiger partial charge in [0.15, 0.2) is 0 Å². The number of aliphatic hydroxyl groups excluding tert-OH is 1. The minimum atomic E-state index is -1.82. The minimum absolute atomic E-state index is 0.303. The zero-order valence-electron chi connectivity index (χ0n) is 20.5. The van der Waals surface area contributed by atoms with Crippen molar-refractivity contribution in [2.45, 2.75) is 83.7 Å². The van der Waals surface area contributed by atoms with E-state index in [9.17, 15) is 24.6 Å². The molecule has 9 nitrogen and oxygen atoms in total. The second-order valence-electron chi connectivity index (χ2n) is 10.8.